The number of hydrogen-bond acceptors (Lipinski definition) is 4. The van der Waals surface area contributed by atoms with E-state index >= 15 is 0 Å². The summed E-state index contributed by atoms with van der Waals surface area (Å²) in [6.45, 7) is 5.59. The topological polar surface area (TPSA) is 58.6 Å². The van der Waals surface area contributed by atoms with Gasteiger partial charge in [-0.05, 0) is 61.3 Å². The summed E-state index contributed by atoms with van der Waals surface area (Å²) in [4.78, 5) is 25.8. The second-order valence-electron chi connectivity index (χ2n) is 9.36. The Hall–Kier alpha value is -1.88. The molecule has 5 nitrogen and oxygen atoms in total. The quantitative estimate of drug-likeness (QED) is 0.505. The van der Waals surface area contributed by atoms with E-state index < -0.39 is 0 Å². The average molecular weight is 401 g/mol. The van der Waals surface area contributed by atoms with E-state index in [1.54, 1.807) is 7.11 Å². The molecule has 1 unspecified atom stereocenters. The predicted octanol–water partition coefficient (Wildman–Crippen LogP) is 3.88. The van der Waals surface area contributed by atoms with Gasteiger partial charge in [0.1, 0.15) is 5.75 Å². The lowest BCUT2D eigenvalue weighted by Gasteiger charge is -2.34. The standard InChI is InChI=1S/C24H36N2O3/c1-24(2)16-22(27)26(23(28)17-24)14-7-5-4-6-13-25-19-12-11-18-9-8-10-21(29-3)20(18)15-19/h8-10,19,25H,4-7,11-17H2,1-3H3. The van der Waals surface area contributed by atoms with E-state index in [1.807, 2.05) is 13.8 Å². The van der Waals surface area contributed by atoms with E-state index in [0.717, 1.165) is 50.8 Å². The minimum absolute atomic E-state index is 0.000856. The minimum atomic E-state index is -0.181. The average Bonchev–Trinajstić information content (AvgIpc) is 2.67. The number of carbonyl (C=O) groups excluding carboxylic acids is 2. The first kappa shape index (κ1) is 21.8. The number of benzene rings is 1. The van der Waals surface area contributed by atoms with Crippen molar-refractivity contribution in [3.8, 4) is 5.75 Å². The van der Waals surface area contributed by atoms with Crippen molar-refractivity contribution in [1.82, 2.24) is 10.2 Å². The van der Waals surface area contributed by atoms with Crippen LogP contribution in [-0.4, -0.2) is 43.0 Å². The largest absolute Gasteiger partial charge is 0.496 e. The van der Waals surface area contributed by atoms with Crippen molar-refractivity contribution >= 4 is 11.8 Å². The van der Waals surface area contributed by atoms with Crippen molar-refractivity contribution < 1.29 is 14.3 Å². The highest BCUT2D eigenvalue weighted by Crippen LogP contribution is 2.32. The van der Waals surface area contributed by atoms with Crippen molar-refractivity contribution in [1.29, 1.82) is 0 Å². The van der Waals surface area contributed by atoms with Gasteiger partial charge in [0, 0.05) is 25.4 Å². The number of rotatable bonds is 9. The number of nitrogens with zero attached hydrogens (tertiary/aromatic N) is 1. The molecule has 1 fully saturated rings. The number of unbranched alkanes of at least 4 members (excludes halogenated alkanes) is 3. The van der Waals surface area contributed by atoms with E-state index in [4.69, 9.17) is 4.74 Å². The molecule has 29 heavy (non-hydrogen) atoms. The van der Waals surface area contributed by atoms with Crippen LogP contribution in [0.3, 0.4) is 0 Å². The molecule has 2 aliphatic rings. The fourth-order valence-electron chi connectivity index (χ4n) is 4.64. The van der Waals surface area contributed by atoms with Crippen molar-refractivity contribution in [2.45, 2.75) is 77.7 Å². The molecule has 0 saturated carbocycles. The first-order valence-electron chi connectivity index (χ1n) is 11.1. The predicted molar refractivity (Wildman–Crippen MR) is 115 cm³/mol. The maximum atomic E-state index is 12.2. The van der Waals surface area contributed by atoms with Crippen LogP contribution in [-0.2, 0) is 22.4 Å². The molecule has 1 heterocycles. The number of likely N-dealkylation sites (tertiary alicyclic amines) is 1. The van der Waals surface area contributed by atoms with Gasteiger partial charge in [0.05, 0.1) is 7.11 Å². The molecule has 1 aliphatic carbocycles. The van der Waals surface area contributed by atoms with Gasteiger partial charge in [-0.25, -0.2) is 0 Å². The zero-order valence-electron chi connectivity index (χ0n) is 18.3. The van der Waals surface area contributed by atoms with Crippen molar-refractivity contribution in [2.75, 3.05) is 20.2 Å². The summed E-state index contributed by atoms with van der Waals surface area (Å²) in [5, 5.41) is 3.70. The molecule has 1 aliphatic heterocycles. The summed E-state index contributed by atoms with van der Waals surface area (Å²) in [6.07, 6.45) is 8.51. The summed E-state index contributed by atoms with van der Waals surface area (Å²) in [5.74, 6) is 1.01. The molecule has 0 bridgehead atoms. The van der Waals surface area contributed by atoms with Gasteiger partial charge in [-0.1, -0.05) is 38.8 Å². The number of nitrogens with one attached hydrogen (secondary N) is 1. The molecule has 1 saturated heterocycles. The summed E-state index contributed by atoms with van der Waals surface area (Å²) in [7, 11) is 1.75. The van der Waals surface area contributed by atoms with Crippen molar-refractivity contribution in [3.05, 3.63) is 29.3 Å². The van der Waals surface area contributed by atoms with E-state index in [2.05, 4.69) is 23.5 Å². The van der Waals surface area contributed by atoms with Crippen LogP contribution in [0.5, 0.6) is 5.75 Å². The number of piperidine rings is 1. The second-order valence-corrected chi connectivity index (χ2v) is 9.36. The van der Waals surface area contributed by atoms with Gasteiger partial charge in [-0.3, -0.25) is 14.5 Å². The third kappa shape index (κ3) is 5.81. The lowest BCUT2D eigenvalue weighted by Crippen LogP contribution is -2.46. The lowest BCUT2D eigenvalue weighted by atomic mass is 9.81. The van der Waals surface area contributed by atoms with Crippen LogP contribution in [0.2, 0.25) is 0 Å². The normalized spacial score (nSPS) is 21.2. The molecule has 3 rings (SSSR count). The Morgan fingerprint density at radius 1 is 1.10 bits per heavy atom. The number of amides is 2. The van der Waals surface area contributed by atoms with Gasteiger partial charge >= 0.3 is 0 Å². The minimum Gasteiger partial charge on any atom is -0.496 e. The number of hydrogen-bond donors (Lipinski definition) is 1. The van der Waals surface area contributed by atoms with E-state index in [9.17, 15) is 9.59 Å². The zero-order valence-corrected chi connectivity index (χ0v) is 18.3. The fraction of sp³-hybridized carbons (Fsp3) is 0.667. The molecule has 2 amide bonds. The third-order valence-electron chi connectivity index (χ3n) is 6.27. The number of methoxy groups -OCH3 is 1. The van der Waals surface area contributed by atoms with Crippen LogP contribution in [0.1, 0.15) is 69.9 Å². The molecule has 0 aromatic heterocycles. The van der Waals surface area contributed by atoms with Crippen LogP contribution in [0, 0.1) is 5.41 Å². The Bertz CT molecular complexity index is 695. The molecule has 0 spiro atoms. The van der Waals surface area contributed by atoms with Crippen molar-refractivity contribution in [2.24, 2.45) is 5.41 Å². The van der Waals surface area contributed by atoms with Gasteiger partial charge < -0.3 is 10.1 Å². The molecule has 1 aromatic carbocycles. The second kappa shape index (κ2) is 9.75. The highest BCUT2D eigenvalue weighted by Gasteiger charge is 2.36. The summed E-state index contributed by atoms with van der Waals surface area (Å²) < 4.78 is 5.53. The number of ether oxygens (including phenoxy) is 1. The zero-order chi connectivity index (χ0) is 20.9. The van der Waals surface area contributed by atoms with Crippen LogP contribution in [0.15, 0.2) is 18.2 Å². The van der Waals surface area contributed by atoms with E-state index in [1.165, 1.54) is 22.4 Å². The number of fused-ring (bicyclic) bond motifs is 1. The molecular formula is C24H36N2O3. The maximum absolute atomic E-state index is 12.2. The molecule has 1 N–H and O–H groups in total. The third-order valence-corrected chi connectivity index (χ3v) is 6.27. The van der Waals surface area contributed by atoms with Gasteiger partial charge in [-0.2, -0.15) is 0 Å². The number of imide groups is 1. The highest BCUT2D eigenvalue weighted by atomic mass is 16.5. The molecule has 5 heteroatoms. The monoisotopic (exact) mass is 400 g/mol. The van der Waals surface area contributed by atoms with E-state index in [-0.39, 0.29) is 17.2 Å². The van der Waals surface area contributed by atoms with Gasteiger partial charge in [0.25, 0.3) is 0 Å². The Kier molecular flexibility index (Phi) is 7.33. The Labute approximate surface area is 175 Å². The Morgan fingerprint density at radius 2 is 1.83 bits per heavy atom. The van der Waals surface area contributed by atoms with Crippen LogP contribution >= 0.6 is 0 Å². The Morgan fingerprint density at radius 3 is 2.55 bits per heavy atom. The van der Waals surface area contributed by atoms with Gasteiger partial charge in [-0.15, -0.1) is 0 Å². The van der Waals surface area contributed by atoms with Gasteiger partial charge in [0.15, 0.2) is 0 Å². The number of aryl methyl sites for hydroxylation is 1. The molecule has 160 valence electrons. The smallest absolute Gasteiger partial charge is 0.229 e. The van der Waals surface area contributed by atoms with Gasteiger partial charge in [0.2, 0.25) is 11.8 Å². The molecular weight excluding hydrogens is 364 g/mol. The molecule has 1 atom stereocenters. The first-order valence-corrected chi connectivity index (χ1v) is 11.1. The summed E-state index contributed by atoms with van der Waals surface area (Å²) in [5.41, 5.74) is 2.60. The fourth-order valence-corrected chi connectivity index (χ4v) is 4.64. The summed E-state index contributed by atoms with van der Waals surface area (Å²) in [6, 6.07) is 6.87. The van der Waals surface area contributed by atoms with Crippen LogP contribution in [0.25, 0.3) is 0 Å². The highest BCUT2D eigenvalue weighted by molar-refractivity contribution is 5.98. The lowest BCUT2D eigenvalue weighted by molar-refractivity contribution is -0.152. The van der Waals surface area contributed by atoms with E-state index in [0.29, 0.717) is 25.4 Å². The number of carbonyl (C=O) groups is 2. The van der Waals surface area contributed by atoms with Crippen LogP contribution in [0.4, 0.5) is 0 Å². The molecule has 0 radical (unpaired) electrons. The van der Waals surface area contributed by atoms with Crippen molar-refractivity contribution in [3.63, 3.8) is 0 Å². The first-order chi connectivity index (χ1) is 13.9. The SMILES string of the molecule is COc1cccc2c1CC(NCCCCCCN1C(=O)CC(C)(C)CC1=O)CC2. The Balaban J connectivity index is 1.30. The molecule has 1 aromatic rings. The summed E-state index contributed by atoms with van der Waals surface area (Å²) >= 11 is 0. The maximum Gasteiger partial charge on any atom is 0.229 e. The van der Waals surface area contributed by atoms with Crippen LogP contribution < -0.4 is 10.1 Å².